The fraction of sp³-hybridized carbons (Fsp3) is 0.227. The highest BCUT2D eigenvalue weighted by atomic mass is 19.1. The van der Waals surface area contributed by atoms with E-state index in [9.17, 15) is 4.39 Å². The Bertz CT molecular complexity index is 1300. The molecule has 0 amide bonds. The lowest BCUT2D eigenvalue weighted by Gasteiger charge is -2.16. The van der Waals surface area contributed by atoms with E-state index in [-0.39, 0.29) is 11.7 Å². The second kappa shape index (κ2) is 6.41. The number of ether oxygens (including phenoxy) is 2. The van der Waals surface area contributed by atoms with Gasteiger partial charge in [-0.2, -0.15) is 0 Å². The fourth-order valence-corrected chi connectivity index (χ4v) is 4.26. The second-order valence-electron chi connectivity index (χ2n) is 7.62. The van der Waals surface area contributed by atoms with Gasteiger partial charge in [-0.25, -0.2) is 4.39 Å². The lowest BCUT2D eigenvalue weighted by molar-refractivity contribution is 0.249. The molecule has 0 aliphatic carbocycles. The van der Waals surface area contributed by atoms with Gasteiger partial charge in [0.05, 0.1) is 24.8 Å². The summed E-state index contributed by atoms with van der Waals surface area (Å²) in [4.78, 5) is 4.51. The summed E-state index contributed by atoms with van der Waals surface area (Å²) in [5.74, 6) is 1.77. The van der Waals surface area contributed by atoms with E-state index in [0.29, 0.717) is 42.5 Å². The number of benzene rings is 1. The smallest absolute Gasteiger partial charge is 0.171 e. The van der Waals surface area contributed by atoms with E-state index in [1.807, 2.05) is 29.5 Å². The van der Waals surface area contributed by atoms with Crippen LogP contribution >= 0.6 is 0 Å². The molecule has 4 aromatic rings. The Balaban J connectivity index is 1.52. The number of aryl methyl sites for hydroxylation is 1. The zero-order chi connectivity index (χ0) is 20.2. The molecular formula is C22H18FN5O2. The first-order valence-corrected chi connectivity index (χ1v) is 9.79. The average molecular weight is 403 g/mol. The van der Waals surface area contributed by atoms with Crippen LogP contribution in [0.1, 0.15) is 22.6 Å². The molecule has 8 heteroatoms. The summed E-state index contributed by atoms with van der Waals surface area (Å²) in [6, 6.07) is 9.03. The van der Waals surface area contributed by atoms with Crippen LogP contribution in [-0.2, 0) is 6.54 Å². The lowest BCUT2D eigenvalue weighted by atomic mass is 9.96. The van der Waals surface area contributed by atoms with Crippen molar-refractivity contribution in [3.63, 3.8) is 0 Å². The van der Waals surface area contributed by atoms with Crippen molar-refractivity contribution in [2.75, 3.05) is 18.5 Å². The number of nitrogens with one attached hydrogen (secondary N) is 1. The van der Waals surface area contributed by atoms with E-state index < -0.39 is 0 Å². The molecule has 30 heavy (non-hydrogen) atoms. The lowest BCUT2D eigenvalue weighted by Crippen LogP contribution is -2.13. The van der Waals surface area contributed by atoms with Crippen molar-refractivity contribution in [2.24, 2.45) is 0 Å². The molecule has 2 aliphatic heterocycles. The van der Waals surface area contributed by atoms with E-state index in [1.54, 1.807) is 18.6 Å². The number of hydrogen-bond donors (Lipinski definition) is 1. The molecule has 0 radical (unpaired) electrons. The first kappa shape index (κ1) is 17.2. The van der Waals surface area contributed by atoms with Crippen molar-refractivity contribution in [3.05, 3.63) is 65.4 Å². The quantitative estimate of drug-likeness (QED) is 0.522. The predicted molar refractivity (Wildman–Crippen MR) is 108 cm³/mol. The third kappa shape index (κ3) is 2.53. The first-order valence-electron chi connectivity index (χ1n) is 9.79. The molecule has 0 spiro atoms. The molecule has 2 aliphatic rings. The third-order valence-corrected chi connectivity index (χ3v) is 5.71. The number of aromatic nitrogens is 4. The molecule has 0 fully saturated rings. The first-order chi connectivity index (χ1) is 14.7. The molecule has 6 rings (SSSR count). The summed E-state index contributed by atoms with van der Waals surface area (Å²) < 4.78 is 28.5. The third-order valence-electron chi connectivity index (χ3n) is 5.71. The number of pyridine rings is 2. The standard InChI is InChI=1S/C22H18FN5O2/c1-12-4-5-24-17(6-12)14-7-19-22(28-11-26-27-21(14)28)25-8-15-16(23)2-3-18-20(15)13(9-29-18)10-30-19/h2-7,11,13,25H,8-10H2,1H3/t13-/m1/s1. The van der Waals surface area contributed by atoms with E-state index in [4.69, 9.17) is 9.47 Å². The van der Waals surface area contributed by atoms with Gasteiger partial charge in [-0.15, -0.1) is 10.2 Å². The molecule has 1 atom stereocenters. The van der Waals surface area contributed by atoms with Gasteiger partial charge in [0.2, 0.25) is 0 Å². The minimum Gasteiger partial charge on any atom is -0.493 e. The van der Waals surface area contributed by atoms with Gasteiger partial charge in [-0.3, -0.25) is 9.38 Å². The summed E-state index contributed by atoms with van der Waals surface area (Å²) in [7, 11) is 0. The van der Waals surface area contributed by atoms with Gasteiger partial charge in [-0.05, 0) is 42.8 Å². The Morgan fingerprint density at radius 3 is 2.87 bits per heavy atom. The fourth-order valence-electron chi connectivity index (χ4n) is 4.26. The van der Waals surface area contributed by atoms with Crippen LogP contribution in [0.4, 0.5) is 10.2 Å². The molecule has 5 heterocycles. The Labute approximate surface area is 171 Å². The van der Waals surface area contributed by atoms with Crippen molar-refractivity contribution in [3.8, 4) is 22.8 Å². The van der Waals surface area contributed by atoms with Crippen LogP contribution in [0.25, 0.3) is 16.9 Å². The van der Waals surface area contributed by atoms with Crippen LogP contribution < -0.4 is 14.8 Å². The van der Waals surface area contributed by atoms with Gasteiger partial charge >= 0.3 is 0 Å². The van der Waals surface area contributed by atoms with Crippen molar-refractivity contribution < 1.29 is 13.9 Å². The highest BCUT2D eigenvalue weighted by Crippen LogP contribution is 2.41. The molecule has 0 unspecified atom stereocenters. The Morgan fingerprint density at radius 2 is 2.00 bits per heavy atom. The number of hydrogen-bond acceptors (Lipinski definition) is 6. The molecule has 7 nitrogen and oxygen atoms in total. The molecular weight excluding hydrogens is 385 g/mol. The SMILES string of the molecule is Cc1ccnc(-c2cc3c(n4cnnc24)NCc2c(F)ccc4c2[C@H](CO4)CO3)c1. The van der Waals surface area contributed by atoms with E-state index in [0.717, 1.165) is 28.1 Å². The van der Waals surface area contributed by atoms with Crippen LogP contribution in [0.3, 0.4) is 0 Å². The molecule has 0 saturated carbocycles. The van der Waals surface area contributed by atoms with E-state index >= 15 is 0 Å². The maximum atomic E-state index is 14.7. The van der Waals surface area contributed by atoms with Crippen molar-refractivity contribution in [1.29, 1.82) is 0 Å². The van der Waals surface area contributed by atoms with E-state index in [2.05, 4.69) is 20.5 Å². The number of anilines is 1. The number of fused-ring (bicyclic) bond motifs is 3. The Morgan fingerprint density at radius 1 is 1.13 bits per heavy atom. The second-order valence-corrected chi connectivity index (χ2v) is 7.62. The van der Waals surface area contributed by atoms with Crippen molar-refractivity contribution in [2.45, 2.75) is 19.4 Å². The molecule has 150 valence electrons. The Kier molecular flexibility index (Phi) is 3.68. The van der Waals surface area contributed by atoms with Crippen LogP contribution in [0, 0.1) is 12.7 Å². The van der Waals surface area contributed by atoms with Crippen LogP contribution in [0.2, 0.25) is 0 Å². The maximum absolute atomic E-state index is 14.7. The zero-order valence-electron chi connectivity index (χ0n) is 16.2. The van der Waals surface area contributed by atoms with Gasteiger partial charge in [0.15, 0.2) is 17.2 Å². The minimum atomic E-state index is -0.249. The monoisotopic (exact) mass is 403 g/mol. The van der Waals surface area contributed by atoms with Gasteiger partial charge in [0.25, 0.3) is 0 Å². The van der Waals surface area contributed by atoms with Crippen LogP contribution in [0.15, 0.2) is 42.9 Å². The summed E-state index contributed by atoms with van der Waals surface area (Å²) in [6.45, 7) is 3.18. The predicted octanol–water partition coefficient (Wildman–Crippen LogP) is 3.72. The minimum absolute atomic E-state index is 0.0318. The average Bonchev–Trinajstić information content (AvgIpc) is 3.39. The van der Waals surface area contributed by atoms with Gasteiger partial charge in [-0.1, -0.05) is 0 Å². The largest absolute Gasteiger partial charge is 0.493 e. The van der Waals surface area contributed by atoms with E-state index in [1.165, 1.54) is 6.07 Å². The number of nitrogens with zero attached hydrogens (tertiary/aromatic N) is 4. The summed E-state index contributed by atoms with van der Waals surface area (Å²) in [5, 5.41) is 11.7. The van der Waals surface area contributed by atoms with Crippen molar-refractivity contribution >= 4 is 11.5 Å². The highest BCUT2D eigenvalue weighted by molar-refractivity contribution is 5.80. The number of halogens is 1. The molecule has 1 aromatic carbocycles. The maximum Gasteiger partial charge on any atom is 0.171 e. The molecule has 3 aromatic heterocycles. The topological polar surface area (TPSA) is 73.6 Å². The van der Waals surface area contributed by atoms with Gasteiger partial charge < -0.3 is 14.8 Å². The van der Waals surface area contributed by atoms with Crippen LogP contribution in [0.5, 0.6) is 11.5 Å². The Hall–Kier alpha value is -3.68. The van der Waals surface area contributed by atoms with Crippen LogP contribution in [-0.4, -0.2) is 32.8 Å². The highest BCUT2D eigenvalue weighted by Gasteiger charge is 2.31. The number of rotatable bonds is 1. The molecule has 0 saturated heterocycles. The van der Waals surface area contributed by atoms with Gasteiger partial charge in [0, 0.05) is 29.4 Å². The summed E-state index contributed by atoms with van der Waals surface area (Å²) in [5.41, 5.74) is 4.86. The molecule has 0 bridgehead atoms. The van der Waals surface area contributed by atoms with Gasteiger partial charge in [0.1, 0.15) is 17.9 Å². The molecule has 1 N–H and O–H groups in total. The zero-order valence-corrected chi connectivity index (χ0v) is 16.2. The summed E-state index contributed by atoms with van der Waals surface area (Å²) >= 11 is 0. The normalized spacial score (nSPS) is 17.1. The summed E-state index contributed by atoms with van der Waals surface area (Å²) in [6.07, 6.45) is 3.40. The van der Waals surface area contributed by atoms with Crippen molar-refractivity contribution in [1.82, 2.24) is 19.6 Å².